The average Bonchev–Trinajstić information content (AvgIpc) is 2.97. The molecule has 0 saturated carbocycles. The molecule has 2 aromatic rings. The Hall–Kier alpha value is -1.89. The first-order valence-corrected chi connectivity index (χ1v) is 10.1. The van der Waals surface area contributed by atoms with E-state index in [0.717, 1.165) is 41.4 Å². The van der Waals surface area contributed by atoms with E-state index in [0.29, 0.717) is 5.69 Å². The second kappa shape index (κ2) is 7.62. The fourth-order valence-electron chi connectivity index (χ4n) is 3.73. The molecule has 0 radical (unpaired) electrons. The van der Waals surface area contributed by atoms with E-state index in [2.05, 4.69) is 25.7 Å². The molecule has 0 unspecified atom stereocenters. The fourth-order valence-corrected chi connectivity index (χ4v) is 4.24. The number of rotatable bonds is 3. The Morgan fingerprint density at radius 2 is 1.63 bits per heavy atom. The number of benzene rings is 2. The average molecular weight is 449 g/mol. The lowest BCUT2D eigenvalue weighted by molar-refractivity contribution is -0.123. The van der Waals surface area contributed by atoms with E-state index in [9.17, 15) is 9.59 Å². The second-order valence-electron chi connectivity index (χ2n) is 6.77. The zero-order valence-corrected chi connectivity index (χ0v) is 17.0. The summed E-state index contributed by atoms with van der Waals surface area (Å²) in [4.78, 5) is 31.2. The van der Waals surface area contributed by atoms with Gasteiger partial charge in [0.15, 0.2) is 0 Å². The van der Waals surface area contributed by atoms with E-state index < -0.39 is 0 Å². The van der Waals surface area contributed by atoms with Crippen LogP contribution in [0.15, 0.2) is 53.0 Å². The molecule has 140 valence electrons. The molecule has 2 aromatic carbocycles. The summed E-state index contributed by atoms with van der Waals surface area (Å²) in [6.07, 6.45) is 0.242. The number of piperazine rings is 1. The summed E-state index contributed by atoms with van der Waals surface area (Å²) in [6.45, 7) is 3.13. The number of halogens is 2. The Labute approximate surface area is 171 Å². The van der Waals surface area contributed by atoms with Gasteiger partial charge in [0.25, 0.3) is 5.91 Å². The Kier molecular flexibility index (Phi) is 5.21. The number of anilines is 2. The van der Waals surface area contributed by atoms with Crippen LogP contribution in [0, 0.1) is 0 Å². The number of carbonyl (C=O) groups is 2. The van der Waals surface area contributed by atoms with Gasteiger partial charge >= 0.3 is 0 Å². The number of nitrogens with zero attached hydrogens (tertiary/aromatic N) is 3. The van der Waals surface area contributed by atoms with Gasteiger partial charge in [-0.2, -0.15) is 0 Å². The summed E-state index contributed by atoms with van der Waals surface area (Å²) in [5.41, 5.74) is 1.75. The number of amides is 2. The first kappa shape index (κ1) is 18.5. The molecule has 1 atom stereocenters. The van der Waals surface area contributed by atoms with Crippen molar-refractivity contribution < 1.29 is 9.59 Å². The summed E-state index contributed by atoms with van der Waals surface area (Å²) < 4.78 is 0.848. The molecule has 0 N–H and O–H groups in total. The zero-order valence-electron chi connectivity index (χ0n) is 14.6. The zero-order chi connectivity index (χ0) is 19.0. The van der Waals surface area contributed by atoms with Crippen LogP contribution in [0.2, 0.25) is 5.02 Å². The number of hydrogen-bond acceptors (Lipinski definition) is 4. The fraction of sp³-hybridized carbons (Fsp3) is 0.300. The van der Waals surface area contributed by atoms with Gasteiger partial charge in [-0.25, -0.2) is 4.90 Å². The molecule has 2 amide bonds. The van der Waals surface area contributed by atoms with Crippen LogP contribution in [-0.4, -0.2) is 48.9 Å². The quantitative estimate of drug-likeness (QED) is 0.674. The molecule has 2 fully saturated rings. The number of imide groups is 1. The molecule has 2 aliphatic heterocycles. The highest BCUT2D eigenvalue weighted by molar-refractivity contribution is 9.10. The van der Waals surface area contributed by atoms with Crippen molar-refractivity contribution in [1.29, 1.82) is 0 Å². The Morgan fingerprint density at radius 1 is 0.926 bits per heavy atom. The highest BCUT2D eigenvalue weighted by Crippen LogP contribution is 2.29. The molecule has 0 spiro atoms. The minimum absolute atomic E-state index is 0.127. The van der Waals surface area contributed by atoms with Crippen LogP contribution >= 0.6 is 27.5 Å². The van der Waals surface area contributed by atoms with Crippen LogP contribution < -0.4 is 9.80 Å². The van der Waals surface area contributed by atoms with Gasteiger partial charge in [0.05, 0.1) is 18.2 Å². The van der Waals surface area contributed by atoms with Gasteiger partial charge in [0.2, 0.25) is 5.91 Å². The minimum atomic E-state index is -0.371. The Balaban J connectivity index is 1.44. The highest BCUT2D eigenvalue weighted by Gasteiger charge is 2.43. The van der Waals surface area contributed by atoms with Crippen LogP contribution in [0.4, 0.5) is 11.4 Å². The monoisotopic (exact) mass is 447 g/mol. The van der Waals surface area contributed by atoms with Crippen molar-refractivity contribution in [2.45, 2.75) is 12.5 Å². The third-order valence-electron chi connectivity index (χ3n) is 5.14. The smallest absolute Gasteiger partial charge is 0.251 e. The molecule has 0 bridgehead atoms. The van der Waals surface area contributed by atoms with Crippen molar-refractivity contribution in [3.05, 3.63) is 58.0 Å². The maximum atomic E-state index is 12.9. The third kappa shape index (κ3) is 3.74. The minimum Gasteiger partial charge on any atom is -0.369 e. The van der Waals surface area contributed by atoms with Crippen LogP contribution in [-0.2, 0) is 9.59 Å². The van der Waals surface area contributed by atoms with Crippen molar-refractivity contribution >= 4 is 50.7 Å². The maximum absolute atomic E-state index is 12.9. The lowest BCUT2D eigenvalue weighted by atomic mass is 10.1. The van der Waals surface area contributed by atoms with Gasteiger partial charge in [0.1, 0.15) is 0 Å². The van der Waals surface area contributed by atoms with Crippen LogP contribution in [0.1, 0.15) is 6.42 Å². The van der Waals surface area contributed by atoms with Gasteiger partial charge < -0.3 is 4.90 Å². The SMILES string of the molecule is O=C1C[C@@H](N2CCN(c3ccc(Cl)cc3)CC2)C(=O)N1c1cccc(Br)c1. The first-order valence-electron chi connectivity index (χ1n) is 8.90. The van der Waals surface area contributed by atoms with E-state index in [4.69, 9.17) is 11.6 Å². The van der Waals surface area contributed by atoms with Gasteiger partial charge in [-0.05, 0) is 42.5 Å². The largest absolute Gasteiger partial charge is 0.369 e. The summed E-state index contributed by atoms with van der Waals surface area (Å²) in [6, 6.07) is 14.7. The van der Waals surface area contributed by atoms with Crippen molar-refractivity contribution in [2.24, 2.45) is 0 Å². The van der Waals surface area contributed by atoms with E-state index in [1.54, 1.807) is 12.1 Å². The summed E-state index contributed by atoms with van der Waals surface area (Å²) in [5, 5.41) is 0.722. The molecular weight excluding hydrogens is 430 g/mol. The van der Waals surface area contributed by atoms with Crippen molar-refractivity contribution in [1.82, 2.24) is 4.90 Å². The van der Waals surface area contributed by atoms with Crippen molar-refractivity contribution in [2.75, 3.05) is 36.0 Å². The summed E-state index contributed by atoms with van der Waals surface area (Å²) in [5.74, 6) is -0.263. The van der Waals surface area contributed by atoms with Gasteiger partial charge in [0, 0.05) is 41.4 Å². The van der Waals surface area contributed by atoms with Gasteiger partial charge in [-0.1, -0.05) is 33.6 Å². The standard InChI is InChI=1S/C20H19BrClN3O2/c21-14-2-1-3-17(12-14)25-19(26)13-18(20(25)27)24-10-8-23(9-11-24)16-6-4-15(22)5-7-16/h1-7,12,18H,8-11,13H2/t18-/m1/s1. The van der Waals surface area contributed by atoms with Crippen molar-refractivity contribution in [3.63, 3.8) is 0 Å². The van der Waals surface area contributed by atoms with E-state index in [1.807, 2.05) is 36.4 Å². The van der Waals surface area contributed by atoms with Gasteiger partial charge in [-0.3, -0.25) is 14.5 Å². The van der Waals surface area contributed by atoms with E-state index in [1.165, 1.54) is 4.90 Å². The third-order valence-corrected chi connectivity index (χ3v) is 5.88. The van der Waals surface area contributed by atoms with Crippen LogP contribution in [0.5, 0.6) is 0 Å². The lowest BCUT2D eigenvalue weighted by Crippen LogP contribution is -2.52. The summed E-state index contributed by atoms with van der Waals surface area (Å²) in [7, 11) is 0. The number of hydrogen-bond donors (Lipinski definition) is 0. The second-order valence-corrected chi connectivity index (χ2v) is 8.12. The predicted octanol–water partition coefficient (Wildman–Crippen LogP) is 3.56. The first-order chi connectivity index (χ1) is 13.0. The molecule has 2 heterocycles. The molecule has 4 rings (SSSR count). The molecule has 0 aromatic heterocycles. The van der Waals surface area contributed by atoms with E-state index in [-0.39, 0.29) is 24.3 Å². The summed E-state index contributed by atoms with van der Waals surface area (Å²) >= 11 is 9.36. The predicted molar refractivity (Wildman–Crippen MR) is 110 cm³/mol. The Morgan fingerprint density at radius 3 is 2.30 bits per heavy atom. The maximum Gasteiger partial charge on any atom is 0.251 e. The van der Waals surface area contributed by atoms with Crippen LogP contribution in [0.3, 0.4) is 0 Å². The van der Waals surface area contributed by atoms with E-state index >= 15 is 0 Å². The topological polar surface area (TPSA) is 43.9 Å². The molecule has 0 aliphatic carbocycles. The van der Waals surface area contributed by atoms with Crippen molar-refractivity contribution in [3.8, 4) is 0 Å². The normalized spacial score (nSPS) is 21.2. The molecule has 7 heteroatoms. The highest BCUT2D eigenvalue weighted by atomic mass is 79.9. The van der Waals surface area contributed by atoms with Crippen LogP contribution in [0.25, 0.3) is 0 Å². The molecule has 2 saturated heterocycles. The Bertz CT molecular complexity index is 866. The van der Waals surface area contributed by atoms with Gasteiger partial charge in [-0.15, -0.1) is 0 Å². The molecule has 5 nitrogen and oxygen atoms in total. The number of carbonyl (C=O) groups excluding carboxylic acids is 2. The lowest BCUT2D eigenvalue weighted by Gasteiger charge is -2.38. The molecular formula is C20H19BrClN3O2. The molecule has 2 aliphatic rings. The molecule has 27 heavy (non-hydrogen) atoms.